The number of hydrogen-bond donors (Lipinski definition) is 0. The summed E-state index contributed by atoms with van der Waals surface area (Å²) in [5.74, 6) is 0. The summed E-state index contributed by atoms with van der Waals surface area (Å²) in [4.78, 5) is 10.7. The van der Waals surface area contributed by atoms with E-state index in [-0.39, 0.29) is 22.6 Å². The molecule has 7 aromatic rings. The van der Waals surface area contributed by atoms with Gasteiger partial charge in [0.1, 0.15) is 0 Å². The quantitative estimate of drug-likeness (QED) is 0.124. The summed E-state index contributed by atoms with van der Waals surface area (Å²) < 4.78 is 2.15. The van der Waals surface area contributed by atoms with E-state index in [2.05, 4.69) is 67.6 Å². The van der Waals surface area contributed by atoms with E-state index in [9.17, 15) is 5.26 Å². The Balaban J connectivity index is 1.88. The van der Waals surface area contributed by atoms with Crippen molar-refractivity contribution >= 4 is 76.6 Å². The van der Waals surface area contributed by atoms with Crippen molar-refractivity contribution in [2.45, 2.75) is 0 Å². The minimum Gasteiger partial charge on any atom is -0.315 e. The fourth-order valence-electron chi connectivity index (χ4n) is 5.70. The number of nitriles is 1. The highest BCUT2D eigenvalue weighted by Gasteiger charge is 2.23. The molecule has 0 atom stereocenters. The molecule has 0 unspecified atom stereocenters. The molecule has 0 saturated carbocycles. The molecule has 0 bridgehead atoms. The first-order chi connectivity index (χ1) is 18.2. The molecule has 5 heteroatoms. The summed E-state index contributed by atoms with van der Waals surface area (Å²) in [6, 6.07) is 26.7. The van der Waals surface area contributed by atoms with Gasteiger partial charge in [0.25, 0.3) is 0 Å². The topological polar surface area (TPSA) is 41.3 Å². The highest BCUT2D eigenvalue weighted by molar-refractivity contribution is 6.29. The van der Waals surface area contributed by atoms with Crippen molar-refractivity contribution in [3.8, 4) is 6.07 Å². The summed E-state index contributed by atoms with van der Waals surface area (Å²) in [7, 11) is 0. The van der Waals surface area contributed by atoms with Crippen LogP contribution in [-0.4, -0.2) is 4.40 Å². The maximum Gasteiger partial charge on any atom is 0.202 e. The van der Waals surface area contributed by atoms with Gasteiger partial charge in [-0.1, -0.05) is 66.7 Å². The Kier molecular flexibility index (Phi) is 4.05. The summed E-state index contributed by atoms with van der Waals surface area (Å²) in [5.41, 5.74) is 2.07. The van der Waals surface area contributed by atoms with Gasteiger partial charge in [0.05, 0.1) is 42.4 Å². The third-order valence-corrected chi connectivity index (χ3v) is 7.23. The molecule has 5 aromatic carbocycles. The molecule has 0 aliphatic carbocycles. The predicted octanol–water partition coefficient (Wildman–Crippen LogP) is 9.23. The smallest absolute Gasteiger partial charge is 0.202 e. The Morgan fingerprint density at radius 2 is 1.32 bits per heavy atom. The zero-order valence-electron chi connectivity index (χ0n) is 19.2. The van der Waals surface area contributed by atoms with E-state index >= 15 is 0 Å². The van der Waals surface area contributed by atoms with Gasteiger partial charge in [-0.15, -0.1) is 0 Å². The molecule has 166 valence electrons. The number of nitrogens with zero attached hydrogens (tertiary/aromatic N) is 5. The fourth-order valence-corrected chi connectivity index (χ4v) is 5.70. The highest BCUT2D eigenvalue weighted by atomic mass is 14.9. The van der Waals surface area contributed by atoms with Crippen molar-refractivity contribution in [3.63, 3.8) is 0 Å². The summed E-state index contributed by atoms with van der Waals surface area (Å²) >= 11 is 0. The summed E-state index contributed by atoms with van der Waals surface area (Å²) in [6.45, 7) is 23.2. The molecular weight excluding hydrogens is 454 g/mol. The lowest BCUT2D eigenvalue weighted by molar-refractivity contribution is 1.30. The molecule has 0 fully saturated rings. The van der Waals surface area contributed by atoms with E-state index in [0.717, 1.165) is 48.7 Å². The van der Waals surface area contributed by atoms with Gasteiger partial charge < -0.3 is 4.40 Å². The van der Waals surface area contributed by atoms with Crippen molar-refractivity contribution in [2.75, 3.05) is 0 Å². The van der Waals surface area contributed by atoms with Crippen LogP contribution in [0.15, 0.2) is 79.0 Å². The summed E-state index contributed by atoms with van der Waals surface area (Å²) in [6.07, 6.45) is 2.10. The number of pyridine rings is 1. The van der Waals surface area contributed by atoms with E-state index in [1.165, 1.54) is 0 Å². The Bertz CT molecular complexity index is 2350. The van der Waals surface area contributed by atoms with Crippen molar-refractivity contribution in [1.29, 1.82) is 5.26 Å². The monoisotopic (exact) mass is 467 g/mol. The lowest BCUT2D eigenvalue weighted by Gasteiger charge is -2.15. The normalized spacial score (nSPS) is 11.1. The molecule has 0 spiro atoms. The third-order valence-electron chi connectivity index (χ3n) is 7.23. The molecular formula is C32H13N5. The van der Waals surface area contributed by atoms with Gasteiger partial charge in [-0.05, 0) is 27.6 Å². The van der Waals surface area contributed by atoms with Gasteiger partial charge in [0, 0.05) is 33.1 Å². The van der Waals surface area contributed by atoms with Gasteiger partial charge in [-0.2, -0.15) is 5.26 Å². The first-order valence-corrected chi connectivity index (χ1v) is 11.5. The van der Waals surface area contributed by atoms with Crippen LogP contribution in [0.4, 0.5) is 17.1 Å². The number of hydrogen-bond acceptors (Lipinski definition) is 1. The molecule has 7 rings (SSSR count). The van der Waals surface area contributed by atoms with Gasteiger partial charge >= 0.3 is 0 Å². The molecule has 0 amide bonds. The van der Waals surface area contributed by atoms with E-state index in [1.54, 1.807) is 0 Å². The Morgan fingerprint density at radius 1 is 0.622 bits per heavy atom. The maximum atomic E-state index is 10.1. The second-order valence-corrected chi connectivity index (χ2v) is 8.93. The third kappa shape index (κ3) is 2.53. The van der Waals surface area contributed by atoms with Crippen LogP contribution in [0.2, 0.25) is 0 Å². The summed E-state index contributed by atoms with van der Waals surface area (Å²) in [5, 5.41) is 18.6. The second kappa shape index (κ2) is 7.31. The van der Waals surface area contributed by atoms with Crippen molar-refractivity contribution in [3.05, 3.63) is 119 Å². The van der Waals surface area contributed by atoms with Gasteiger partial charge in [0.15, 0.2) is 5.69 Å². The maximum absolute atomic E-state index is 10.1. The zero-order chi connectivity index (χ0) is 25.3. The van der Waals surface area contributed by atoms with Crippen molar-refractivity contribution in [2.24, 2.45) is 0 Å². The average molecular weight is 467 g/mol. The van der Waals surface area contributed by atoms with Crippen molar-refractivity contribution < 1.29 is 0 Å². The lowest BCUT2D eigenvalue weighted by Crippen LogP contribution is -1.93. The number of aromatic nitrogens is 1. The molecule has 0 aliphatic heterocycles. The molecule has 0 aliphatic rings. The van der Waals surface area contributed by atoms with E-state index in [4.69, 9.17) is 19.7 Å². The minimum absolute atomic E-state index is 0.0597. The van der Waals surface area contributed by atoms with Gasteiger partial charge in [-0.25, -0.2) is 0 Å². The van der Waals surface area contributed by atoms with Gasteiger partial charge in [0.2, 0.25) is 11.4 Å². The number of fused-ring (bicyclic) bond motifs is 11. The van der Waals surface area contributed by atoms with Crippen LogP contribution in [0.1, 0.15) is 5.56 Å². The van der Waals surface area contributed by atoms with Crippen LogP contribution in [0.25, 0.3) is 74.0 Å². The van der Waals surface area contributed by atoms with Crippen LogP contribution in [0.5, 0.6) is 0 Å². The first-order valence-electron chi connectivity index (χ1n) is 11.5. The number of benzene rings is 5. The predicted molar refractivity (Wildman–Crippen MR) is 148 cm³/mol. The molecule has 2 heterocycles. The first kappa shape index (κ1) is 20.5. The zero-order valence-corrected chi connectivity index (χ0v) is 19.2. The molecule has 0 radical (unpaired) electrons. The molecule has 0 N–H and O–H groups in total. The number of rotatable bonds is 0. The van der Waals surface area contributed by atoms with Crippen LogP contribution in [0, 0.1) is 31.0 Å². The van der Waals surface area contributed by atoms with Crippen LogP contribution < -0.4 is 0 Å². The molecule has 0 saturated heterocycles. The van der Waals surface area contributed by atoms with Gasteiger partial charge in [-0.3, -0.25) is 14.5 Å². The molecule has 2 aromatic heterocycles. The average Bonchev–Trinajstić information content (AvgIpc) is 3.34. The SMILES string of the molecule is [C-]#[N+]c1c([N+]#[C-])c([N+]#[C-])c2cc3c4c5ccccc5ccc4c4c5ccccc5cn4c3cc2c1C#N. The van der Waals surface area contributed by atoms with Crippen LogP contribution >= 0.6 is 0 Å². The molecule has 37 heavy (non-hydrogen) atoms. The largest absolute Gasteiger partial charge is 0.315 e. The second-order valence-electron chi connectivity index (χ2n) is 8.93. The van der Waals surface area contributed by atoms with Crippen LogP contribution in [0.3, 0.4) is 0 Å². The van der Waals surface area contributed by atoms with E-state index < -0.39 is 0 Å². The molecule has 5 nitrogen and oxygen atoms in total. The Labute approximate surface area is 211 Å². The van der Waals surface area contributed by atoms with E-state index in [1.807, 2.05) is 36.4 Å². The van der Waals surface area contributed by atoms with Crippen LogP contribution in [-0.2, 0) is 0 Å². The Hall–Kier alpha value is -5.88. The standard InChI is InChI=1S/C32H13N5/c1-34-29-24-14-25-27(15-23(24)26(16-33)30(35-2)31(29)36-3)37-17-19-9-5-7-11-21(19)32(37)22-13-12-18-8-4-6-10-20(18)28(22)25/h4-15,17H. The lowest BCUT2D eigenvalue weighted by atomic mass is 9.93. The van der Waals surface area contributed by atoms with Crippen molar-refractivity contribution in [1.82, 2.24) is 4.40 Å². The minimum atomic E-state index is -0.0599. The highest BCUT2D eigenvalue weighted by Crippen LogP contribution is 2.49. The Morgan fingerprint density at radius 3 is 2.05 bits per heavy atom. The fraction of sp³-hybridized carbons (Fsp3) is 0. The van der Waals surface area contributed by atoms with E-state index in [0.29, 0.717) is 10.8 Å².